The number of phenolic OH excluding ortho intramolecular Hbond substituents is 1. The predicted molar refractivity (Wildman–Crippen MR) is 76.3 cm³/mol. The van der Waals surface area contributed by atoms with Crippen LogP contribution in [0, 0.1) is 6.92 Å². The molecule has 1 aromatic carbocycles. The van der Waals surface area contributed by atoms with Crippen molar-refractivity contribution in [2.75, 3.05) is 7.05 Å². The lowest BCUT2D eigenvalue weighted by Crippen LogP contribution is -2.40. The third-order valence-corrected chi connectivity index (χ3v) is 5.77. The Morgan fingerprint density at radius 2 is 1.89 bits per heavy atom. The average Bonchev–Trinajstić information content (AvgIpc) is 2.58. The smallest absolute Gasteiger partial charge is 0.118 e. The van der Waals surface area contributed by atoms with Crippen LogP contribution in [0.25, 0.3) is 0 Å². The highest BCUT2D eigenvalue weighted by molar-refractivity contribution is 8.00. The van der Waals surface area contributed by atoms with Crippen LogP contribution in [0.4, 0.5) is 0 Å². The minimum atomic E-state index is 0.405. The molecule has 2 aliphatic heterocycles. The summed E-state index contributed by atoms with van der Waals surface area (Å²) in [5.74, 6) is 0.405. The van der Waals surface area contributed by atoms with E-state index in [1.807, 2.05) is 30.8 Å². The van der Waals surface area contributed by atoms with Crippen LogP contribution in [-0.4, -0.2) is 34.4 Å². The number of aromatic hydroxyl groups is 1. The third kappa shape index (κ3) is 2.26. The molecule has 2 aliphatic rings. The molecule has 0 aliphatic carbocycles. The Labute approximate surface area is 113 Å². The van der Waals surface area contributed by atoms with Crippen LogP contribution >= 0.6 is 11.8 Å². The van der Waals surface area contributed by atoms with Gasteiger partial charge in [0.1, 0.15) is 5.75 Å². The third-order valence-electron chi connectivity index (χ3n) is 4.53. The van der Waals surface area contributed by atoms with E-state index in [1.165, 1.54) is 30.6 Å². The van der Waals surface area contributed by atoms with Gasteiger partial charge in [-0.25, -0.2) is 0 Å². The zero-order valence-electron chi connectivity index (χ0n) is 11.1. The normalized spacial score (nSPS) is 31.8. The quantitative estimate of drug-likeness (QED) is 0.884. The second-order valence-corrected chi connectivity index (χ2v) is 7.08. The maximum atomic E-state index is 9.56. The fourth-order valence-electron chi connectivity index (χ4n) is 3.35. The number of hydrogen-bond donors (Lipinski definition) is 1. The van der Waals surface area contributed by atoms with E-state index in [1.54, 1.807) is 0 Å². The van der Waals surface area contributed by atoms with Gasteiger partial charge in [0.15, 0.2) is 0 Å². The zero-order valence-corrected chi connectivity index (χ0v) is 11.9. The van der Waals surface area contributed by atoms with Gasteiger partial charge in [-0.05, 0) is 63.4 Å². The molecule has 18 heavy (non-hydrogen) atoms. The Morgan fingerprint density at radius 3 is 2.50 bits per heavy atom. The predicted octanol–water partition coefficient (Wildman–Crippen LogP) is 3.42. The van der Waals surface area contributed by atoms with E-state index in [4.69, 9.17) is 0 Å². The first-order valence-corrected chi connectivity index (χ1v) is 7.69. The van der Waals surface area contributed by atoms with Crippen LogP contribution in [0.15, 0.2) is 23.1 Å². The number of phenols is 1. The number of benzene rings is 1. The Hall–Kier alpha value is -0.670. The van der Waals surface area contributed by atoms with Crippen molar-refractivity contribution in [3.8, 4) is 5.75 Å². The number of nitrogens with zero attached hydrogens (tertiary/aromatic N) is 1. The summed E-state index contributed by atoms with van der Waals surface area (Å²) in [6.45, 7) is 1.97. The van der Waals surface area contributed by atoms with Gasteiger partial charge in [0.25, 0.3) is 0 Å². The molecular weight excluding hydrogens is 242 g/mol. The summed E-state index contributed by atoms with van der Waals surface area (Å²) >= 11 is 2.00. The van der Waals surface area contributed by atoms with Crippen LogP contribution in [0.2, 0.25) is 0 Å². The first-order chi connectivity index (χ1) is 8.63. The number of rotatable bonds is 2. The van der Waals surface area contributed by atoms with Gasteiger partial charge in [-0.2, -0.15) is 0 Å². The van der Waals surface area contributed by atoms with Crippen LogP contribution < -0.4 is 0 Å². The molecule has 3 rings (SSSR count). The van der Waals surface area contributed by atoms with Crippen molar-refractivity contribution in [2.45, 2.75) is 54.8 Å². The fourth-order valence-corrected chi connectivity index (χ4v) is 4.76. The SMILES string of the molecule is Cc1cc(S[C@@H]2C[C@H]3CC[C@@H](C2)N3C)ccc1O. The largest absolute Gasteiger partial charge is 0.508 e. The molecule has 0 saturated carbocycles. The second-order valence-electron chi connectivity index (χ2n) is 5.71. The Kier molecular flexibility index (Phi) is 3.29. The van der Waals surface area contributed by atoms with Crippen molar-refractivity contribution >= 4 is 11.8 Å². The highest BCUT2D eigenvalue weighted by Crippen LogP contribution is 2.41. The molecule has 3 atom stereocenters. The molecule has 0 radical (unpaired) electrons. The lowest BCUT2D eigenvalue weighted by atomic mass is 10.0. The van der Waals surface area contributed by atoms with Crippen molar-refractivity contribution in [3.63, 3.8) is 0 Å². The van der Waals surface area contributed by atoms with Crippen molar-refractivity contribution in [2.24, 2.45) is 0 Å². The van der Waals surface area contributed by atoms with Crippen molar-refractivity contribution in [1.29, 1.82) is 0 Å². The molecule has 0 amide bonds. The first kappa shape index (κ1) is 12.4. The van der Waals surface area contributed by atoms with Gasteiger partial charge >= 0.3 is 0 Å². The maximum absolute atomic E-state index is 9.56. The molecule has 2 bridgehead atoms. The number of fused-ring (bicyclic) bond motifs is 2. The van der Waals surface area contributed by atoms with Crippen LogP contribution in [0.5, 0.6) is 5.75 Å². The number of hydrogen-bond acceptors (Lipinski definition) is 3. The van der Waals surface area contributed by atoms with Crippen LogP contribution in [0.3, 0.4) is 0 Å². The average molecular weight is 263 g/mol. The summed E-state index contributed by atoms with van der Waals surface area (Å²) in [7, 11) is 2.29. The number of aryl methyl sites for hydroxylation is 1. The highest BCUT2D eigenvalue weighted by Gasteiger charge is 2.38. The van der Waals surface area contributed by atoms with Gasteiger partial charge in [0, 0.05) is 22.2 Å². The summed E-state index contributed by atoms with van der Waals surface area (Å²) in [5, 5.41) is 10.3. The summed E-state index contributed by atoms with van der Waals surface area (Å²) in [6.07, 6.45) is 5.40. The Bertz CT molecular complexity index is 434. The molecule has 0 aromatic heterocycles. The topological polar surface area (TPSA) is 23.5 Å². The maximum Gasteiger partial charge on any atom is 0.118 e. The molecule has 2 nitrogen and oxygen atoms in total. The molecule has 98 valence electrons. The van der Waals surface area contributed by atoms with Gasteiger partial charge in [-0.3, -0.25) is 0 Å². The van der Waals surface area contributed by atoms with Gasteiger partial charge in [0.05, 0.1) is 0 Å². The Balaban J connectivity index is 1.68. The molecule has 0 spiro atoms. The monoisotopic (exact) mass is 263 g/mol. The van der Waals surface area contributed by atoms with E-state index in [0.717, 1.165) is 22.9 Å². The van der Waals surface area contributed by atoms with E-state index in [-0.39, 0.29) is 0 Å². The van der Waals surface area contributed by atoms with E-state index in [2.05, 4.69) is 18.0 Å². The lowest BCUT2D eigenvalue weighted by Gasteiger charge is -2.36. The van der Waals surface area contributed by atoms with Crippen molar-refractivity contribution in [3.05, 3.63) is 23.8 Å². The Morgan fingerprint density at radius 1 is 1.22 bits per heavy atom. The molecule has 0 unspecified atom stereocenters. The number of piperidine rings is 1. The van der Waals surface area contributed by atoms with Gasteiger partial charge in [-0.15, -0.1) is 11.8 Å². The van der Waals surface area contributed by atoms with Crippen LogP contribution in [-0.2, 0) is 0 Å². The molecule has 2 fully saturated rings. The lowest BCUT2D eigenvalue weighted by molar-refractivity contribution is 0.183. The van der Waals surface area contributed by atoms with E-state index < -0.39 is 0 Å². The minimum absolute atomic E-state index is 0.405. The molecular formula is C15H21NOS. The molecule has 3 heteroatoms. The minimum Gasteiger partial charge on any atom is -0.508 e. The van der Waals surface area contributed by atoms with Gasteiger partial charge in [-0.1, -0.05) is 0 Å². The second kappa shape index (κ2) is 4.78. The molecule has 1 N–H and O–H groups in total. The molecule has 2 saturated heterocycles. The summed E-state index contributed by atoms with van der Waals surface area (Å²) in [5.41, 5.74) is 0.982. The van der Waals surface area contributed by atoms with Gasteiger partial charge in [0.2, 0.25) is 0 Å². The molecule has 2 heterocycles. The van der Waals surface area contributed by atoms with E-state index >= 15 is 0 Å². The standard InChI is InChI=1S/C15H21NOS/c1-10-7-13(5-6-15(10)17)18-14-8-11-3-4-12(9-14)16(11)2/h5-7,11-12,14,17H,3-4,8-9H2,1-2H3/t11-,12+,14-. The van der Waals surface area contributed by atoms with Crippen molar-refractivity contribution < 1.29 is 5.11 Å². The van der Waals surface area contributed by atoms with Crippen molar-refractivity contribution in [1.82, 2.24) is 4.90 Å². The van der Waals surface area contributed by atoms with E-state index in [0.29, 0.717) is 5.75 Å². The molecule has 1 aromatic rings. The zero-order chi connectivity index (χ0) is 12.7. The summed E-state index contributed by atoms with van der Waals surface area (Å²) in [6, 6.07) is 7.59. The first-order valence-electron chi connectivity index (χ1n) is 6.81. The summed E-state index contributed by atoms with van der Waals surface area (Å²) < 4.78 is 0. The highest BCUT2D eigenvalue weighted by atomic mass is 32.2. The fraction of sp³-hybridized carbons (Fsp3) is 0.600. The van der Waals surface area contributed by atoms with E-state index in [9.17, 15) is 5.11 Å². The van der Waals surface area contributed by atoms with Gasteiger partial charge < -0.3 is 10.0 Å². The summed E-state index contributed by atoms with van der Waals surface area (Å²) in [4.78, 5) is 3.89. The van der Waals surface area contributed by atoms with Crippen LogP contribution in [0.1, 0.15) is 31.2 Å². The number of thioether (sulfide) groups is 1.